The third-order valence-electron chi connectivity index (χ3n) is 3.54. The highest BCUT2D eigenvalue weighted by Gasteiger charge is 2.22. The zero-order chi connectivity index (χ0) is 13.9. The molecule has 1 aliphatic rings. The molecule has 0 bridgehead atoms. The summed E-state index contributed by atoms with van der Waals surface area (Å²) in [5, 5.41) is 11.0. The minimum atomic E-state index is -0.902. The predicted molar refractivity (Wildman–Crippen MR) is 78.4 cm³/mol. The molecule has 106 valence electrons. The molecule has 1 N–H and O–H groups in total. The van der Waals surface area contributed by atoms with Crippen LogP contribution >= 0.6 is 11.5 Å². The van der Waals surface area contributed by atoms with Gasteiger partial charge in [0, 0.05) is 18.5 Å². The van der Waals surface area contributed by atoms with Gasteiger partial charge in [0.2, 0.25) is 0 Å². The lowest BCUT2D eigenvalue weighted by atomic mass is 10.1. The molecule has 0 saturated carbocycles. The summed E-state index contributed by atoms with van der Waals surface area (Å²) in [5.41, 5.74) is 1.04. The molecule has 0 atom stereocenters. The number of carboxylic acids is 1. The lowest BCUT2D eigenvalue weighted by Crippen LogP contribution is -2.37. The molecule has 0 aliphatic carbocycles. The Morgan fingerprint density at radius 3 is 2.90 bits per heavy atom. The van der Waals surface area contributed by atoms with Gasteiger partial charge in [-0.15, -0.1) is 0 Å². The topological polar surface area (TPSA) is 62.7 Å². The van der Waals surface area contributed by atoms with E-state index in [1.54, 1.807) is 0 Å². The van der Waals surface area contributed by atoms with Crippen molar-refractivity contribution in [2.75, 3.05) is 24.6 Å². The fourth-order valence-electron chi connectivity index (χ4n) is 2.52. The molecule has 1 fully saturated rings. The monoisotopic (exact) mass is 292 g/mol. The van der Waals surface area contributed by atoms with Crippen LogP contribution in [0.25, 0.3) is 10.9 Å². The fraction of sp³-hybridized carbons (Fsp3) is 0.429. The number of piperidine rings is 1. The molecule has 20 heavy (non-hydrogen) atoms. The molecule has 1 aromatic heterocycles. The van der Waals surface area contributed by atoms with E-state index in [9.17, 15) is 4.79 Å². The van der Waals surface area contributed by atoms with Gasteiger partial charge in [0.25, 0.3) is 0 Å². The third kappa shape index (κ3) is 2.76. The number of aliphatic carboxylic acids is 1. The van der Waals surface area contributed by atoms with E-state index in [2.05, 4.69) is 15.3 Å². The number of hydrogen-bond acceptors (Lipinski definition) is 5. The highest BCUT2D eigenvalue weighted by Crippen LogP contribution is 2.33. The van der Waals surface area contributed by atoms with Crippen LogP contribution in [-0.2, 0) is 9.53 Å². The van der Waals surface area contributed by atoms with Crippen molar-refractivity contribution in [3.63, 3.8) is 0 Å². The van der Waals surface area contributed by atoms with Crippen LogP contribution in [-0.4, -0.2) is 41.2 Å². The summed E-state index contributed by atoms with van der Waals surface area (Å²) < 4.78 is 9.82. The maximum absolute atomic E-state index is 10.5. The predicted octanol–water partition coefficient (Wildman–Crippen LogP) is 2.37. The Kier molecular flexibility index (Phi) is 3.84. The zero-order valence-corrected chi connectivity index (χ0v) is 11.8. The van der Waals surface area contributed by atoms with E-state index in [0.717, 1.165) is 31.4 Å². The number of hydrogen-bond donors (Lipinski definition) is 1. The van der Waals surface area contributed by atoms with Crippen LogP contribution < -0.4 is 4.90 Å². The number of carbonyl (C=O) groups is 1. The summed E-state index contributed by atoms with van der Waals surface area (Å²) >= 11 is 1.53. The largest absolute Gasteiger partial charge is 0.480 e. The second kappa shape index (κ2) is 5.76. The van der Waals surface area contributed by atoms with E-state index in [0.29, 0.717) is 0 Å². The number of benzene rings is 1. The zero-order valence-electron chi connectivity index (χ0n) is 11.0. The van der Waals surface area contributed by atoms with Crippen molar-refractivity contribution in [1.82, 2.24) is 4.37 Å². The van der Waals surface area contributed by atoms with Crippen LogP contribution in [0, 0.1) is 0 Å². The van der Waals surface area contributed by atoms with Crippen LogP contribution in [0.1, 0.15) is 12.8 Å². The fourth-order valence-corrected chi connectivity index (χ4v) is 3.43. The van der Waals surface area contributed by atoms with Crippen LogP contribution in [0.3, 0.4) is 0 Å². The Labute approximate surface area is 120 Å². The molecular weight excluding hydrogens is 276 g/mol. The van der Waals surface area contributed by atoms with Gasteiger partial charge in [-0.25, -0.2) is 4.79 Å². The van der Waals surface area contributed by atoms with Crippen molar-refractivity contribution in [2.45, 2.75) is 18.9 Å². The van der Waals surface area contributed by atoms with E-state index < -0.39 is 5.97 Å². The van der Waals surface area contributed by atoms with E-state index in [4.69, 9.17) is 9.84 Å². The van der Waals surface area contributed by atoms with Crippen LogP contribution in [0.15, 0.2) is 24.3 Å². The number of ether oxygens (including phenoxy) is 1. The van der Waals surface area contributed by atoms with Crippen molar-refractivity contribution in [3.8, 4) is 0 Å². The van der Waals surface area contributed by atoms with Gasteiger partial charge in [0.1, 0.15) is 11.6 Å². The molecule has 6 heteroatoms. The SMILES string of the molecule is O=C(O)COC1CCN(c2snc3ccccc23)CC1. The van der Waals surface area contributed by atoms with Gasteiger partial charge >= 0.3 is 5.97 Å². The molecule has 0 radical (unpaired) electrons. The van der Waals surface area contributed by atoms with Crippen LogP contribution in [0.2, 0.25) is 0 Å². The summed E-state index contributed by atoms with van der Waals surface area (Å²) in [6.07, 6.45) is 1.78. The van der Waals surface area contributed by atoms with Gasteiger partial charge in [-0.1, -0.05) is 12.1 Å². The molecule has 0 spiro atoms. The van der Waals surface area contributed by atoms with Gasteiger partial charge in [-0.2, -0.15) is 4.37 Å². The number of nitrogens with zero attached hydrogens (tertiary/aromatic N) is 2. The Balaban J connectivity index is 1.65. The first-order valence-electron chi connectivity index (χ1n) is 6.67. The smallest absolute Gasteiger partial charge is 0.329 e. The third-order valence-corrected chi connectivity index (χ3v) is 4.48. The molecule has 2 heterocycles. The average Bonchev–Trinajstić information content (AvgIpc) is 2.89. The Morgan fingerprint density at radius 2 is 2.15 bits per heavy atom. The highest BCUT2D eigenvalue weighted by molar-refractivity contribution is 7.11. The number of carboxylic acid groups (broad SMARTS) is 1. The lowest BCUT2D eigenvalue weighted by Gasteiger charge is -2.32. The standard InChI is InChI=1S/C14H16N2O3S/c17-13(18)9-19-10-5-7-16(8-6-10)14-11-3-1-2-4-12(11)15-20-14/h1-4,10H,5-9H2,(H,17,18). The minimum absolute atomic E-state index is 0.0570. The van der Waals surface area contributed by atoms with Gasteiger partial charge in [-0.3, -0.25) is 0 Å². The first-order valence-corrected chi connectivity index (χ1v) is 7.44. The van der Waals surface area contributed by atoms with Gasteiger partial charge in [0.15, 0.2) is 0 Å². The van der Waals surface area contributed by atoms with Crippen molar-refractivity contribution in [2.24, 2.45) is 0 Å². The van der Waals surface area contributed by atoms with Crippen molar-refractivity contribution >= 4 is 33.4 Å². The lowest BCUT2D eigenvalue weighted by molar-refractivity contribution is -0.144. The molecule has 0 amide bonds. The van der Waals surface area contributed by atoms with Crippen LogP contribution in [0.5, 0.6) is 0 Å². The van der Waals surface area contributed by atoms with Crippen LogP contribution in [0.4, 0.5) is 5.00 Å². The van der Waals surface area contributed by atoms with Gasteiger partial charge < -0.3 is 14.7 Å². The van der Waals surface area contributed by atoms with E-state index in [-0.39, 0.29) is 12.7 Å². The van der Waals surface area contributed by atoms with Crippen molar-refractivity contribution in [1.29, 1.82) is 0 Å². The van der Waals surface area contributed by atoms with Crippen molar-refractivity contribution in [3.05, 3.63) is 24.3 Å². The second-order valence-corrected chi connectivity index (χ2v) is 5.65. The summed E-state index contributed by atoms with van der Waals surface area (Å²) in [6, 6.07) is 8.15. The molecule has 0 unspecified atom stereocenters. The highest BCUT2D eigenvalue weighted by atomic mass is 32.1. The van der Waals surface area contributed by atoms with E-state index >= 15 is 0 Å². The Hall–Kier alpha value is -1.66. The summed E-state index contributed by atoms with van der Waals surface area (Å²) in [6.45, 7) is 1.57. The minimum Gasteiger partial charge on any atom is -0.480 e. The number of anilines is 1. The molecule has 1 saturated heterocycles. The molecule has 2 aromatic rings. The van der Waals surface area contributed by atoms with Gasteiger partial charge in [0.05, 0.1) is 11.6 Å². The van der Waals surface area contributed by atoms with Crippen molar-refractivity contribution < 1.29 is 14.6 Å². The first-order chi connectivity index (χ1) is 9.74. The molecule has 1 aromatic carbocycles. The summed E-state index contributed by atoms with van der Waals surface area (Å²) in [7, 11) is 0. The summed E-state index contributed by atoms with van der Waals surface area (Å²) in [4.78, 5) is 12.8. The maximum Gasteiger partial charge on any atom is 0.329 e. The number of rotatable bonds is 4. The van der Waals surface area contributed by atoms with Gasteiger partial charge in [-0.05, 0) is 36.5 Å². The molecule has 5 nitrogen and oxygen atoms in total. The second-order valence-electron chi connectivity index (χ2n) is 4.90. The normalized spacial score (nSPS) is 16.7. The Morgan fingerprint density at radius 1 is 1.40 bits per heavy atom. The number of fused-ring (bicyclic) bond motifs is 1. The first kappa shape index (κ1) is 13.3. The molecular formula is C14H16N2O3S. The molecule has 3 rings (SSSR count). The number of aromatic nitrogens is 1. The molecule has 1 aliphatic heterocycles. The Bertz CT molecular complexity index is 605. The quantitative estimate of drug-likeness (QED) is 0.937. The van der Waals surface area contributed by atoms with E-state index in [1.807, 2.05) is 18.2 Å². The van der Waals surface area contributed by atoms with E-state index in [1.165, 1.54) is 21.9 Å². The average molecular weight is 292 g/mol. The summed E-state index contributed by atoms with van der Waals surface area (Å²) in [5.74, 6) is -0.902. The maximum atomic E-state index is 10.5.